The number of thiazole rings is 1. The number of aromatic nitrogens is 1. The van der Waals surface area contributed by atoms with Crippen molar-refractivity contribution in [1.82, 2.24) is 9.88 Å². The van der Waals surface area contributed by atoms with Gasteiger partial charge in [-0.3, -0.25) is 4.79 Å². The lowest BCUT2D eigenvalue weighted by molar-refractivity contribution is -0.119. The number of hydrogen-bond acceptors (Lipinski definition) is 5. The number of nitrogens with zero attached hydrogens (tertiary/aromatic N) is 3. The monoisotopic (exact) mass is 334 g/mol. The molecule has 0 unspecified atom stereocenters. The summed E-state index contributed by atoms with van der Waals surface area (Å²) in [4.78, 5) is 18.4. The average molecular weight is 334 g/mol. The number of rotatable bonds is 3. The number of anilines is 1. The second-order valence-corrected chi connectivity index (χ2v) is 6.21. The average Bonchev–Trinajstić information content (AvgIpc) is 3.19. The second kappa shape index (κ2) is 6.30. The number of nitrogens with one attached hydrogen (secondary N) is 1. The molecular weight excluding hydrogens is 322 g/mol. The molecule has 5 nitrogen and oxygen atoms in total. The summed E-state index contributed by atoms with van der Waals surface area (Å²) in [6, 6.07) is 3.60. The first kappa shape index (κ1) is 15.4. The van der Waals surface area contributed by atoms with Crippen LogP contribution < -0.4 is 5.32 Å². The molecule has 23 heavy (non-hydrogen) atoms. The number of nitriles is 1. The summed E-state index contributed by atoms with van der Waals surface area (Å²) < 4.78 is 26.2. The van der Waals surface area contributed by atoms with Gasteiger partial charge in [0.15, 0.2) is 23.0 Å². The molecule has 0 radical (unpaired) electrons. The summed E-state index contributed by atoms with van der Waals surface area (Å²) in [7, 11) is 0. The van der Waals surface area contributed by atoms with E-state index in [1.165, 1.54) is 23.6 Å². The van der Waals surface area contributed by atoms with Gasteiger partial charge < -0.3 is 10.2 Å². The standard InChI is InChI=1S/C15H12F2N4OS/c16-11-2-1-9(5-12(11)17)13-6-19-15(23-13)20-14(22)10-3-4-21(7-10)8-18/h1-2,5-6,10H,3-4,7H2,(H,19,20,22)/t10-/m0/s1. The SMILES string of the molecule is N#CN1CC[C@H](C(=O)Nc2ncc(-c3ccc(F)c(F)c3)s2)C1. The third-order valence-electron chi connectivity index (χ3n) is 3.64. The molecule has 0 aliphatic carbocycles. The fourth-order valence-electron chi connectivity index (χ4n) is 2.39. The number of amides is 1. The van der Waals surface area contributed by atoms with E-state index in [-0.39, 0.29) is 11.8 Å². The van der Waals surface area contributed by atoms with Crippen molar-refractivity contribution in [3.8, 4) is 16.6 Å². The maximum atomic E-state index is 13.3. The number of halogens is 2. The zero-order valence-electron chi connectivity index (χ0n) is 11.9. The Balaban J connectivity index is 1.69. The summed E-state index contributed by atoms with van der Waals surface area (Å²) >= 11 is 1.18. The van der Waals surface area contributed by atoms with E-state index in [0.29, 0.717) is 35.1 Å². The first-order valence-electron chi connectivity index (χ1n) is 6.93. The molecule has 8 heteroatoms. The van der Waals surface area contributed by atoms with Gasteiger partial charge in [-0.1, -0.05) is 17.4 Å². The van der Waals surface area contributed by atoms with Crippen molar-refractivity contribution in [2.24, 2.45) is 5.92 Å². The van der Waals surface area contributed by atoms with Crippen LogP contribution in [0.5, 0.6) is 0 Å². The van der Waals surface area contributed by atoms with E-state index in [1.807, 2.05) is 6.19 Å². The van der Waals surface area contributed by atoms with Crippen LogP contribution in [0.3, 0.4) is 0 Å². The minimum atomic E-state index is -0.927. The molecule has 1 fully saturated rings. The lowest BCUT2D eigenvalue weighted by Gasteiger charge is -2.08. The molecule has 0 saturated carbocycles. The number of carbonyl (C=O) groups is 1. The largest absolute Gasteiger partial charge is 0.310 e. The van der Waals surface area contributed by atoms with Crippen molar-refractivity contribution < 1.29 is 13.6 Å². The van der Waals surface area contributed by atoms with Crippen molar-refractivity contribution in [2.75, 3.05) is 18.4 Å². The summed E-state index contributed by atoms with van der Waals surface area (Å²) in [6.07, 6.45) is 4.15. The Morgan fingerprint density at radius 2 is 2.26 bits per heavy atom. The maximum Gasteiger partial charge on any atom is 0.231 e. The zero-order valence-corrected chi connectivity index (χ0v) is 12.7. The Morgan fingerprint density at radius 3 is 2.96 bits per heavy atom. The van der Waals surface area contributed by atoms with E-state index in [9.17, 15) is 13.6 Å². The Morgan fingerprint density at radius 1 is 1.43 bits per heavy atom. The highest BCUT2D eigenvalue weighted by molar-refractivity contribution is 7.19. The summed E-state index contributed by atoms with van der Waals surface area (Å²) in [5.41, 5.74) is 0.499. The van der Waals surface area contributed by atoms with Crippen LogP contribution in [0.4, 0.5) is 13.9 Å². The lowest BCUT2D eigenvalue weighted by atomic mass is 10.1. The van der Waals surface area contributed by atoms with Crippen LogP contribution in [0.2, 0.25) is 0 Å². The molecule has 1 aromatic carbocycles. The van der Waals surface area contributed by atoms with Crippen LogP contribution in [-0.4, -0.2) is 28.9 Å². The van der Waals surface area contributed by atoms with Gasteiger partial charge in [-0.15, -0.1) is 0 Å². The van der Waals surface area contributed by atoms with E-state index in [0.717, 1.165) is 12.1 Å². The maximum absolute atomic E-state index is 13.3. The first-order chi connectivity index (χ1) is 11.1. The van der Waals surface area contributed by atoms with Gasteiger partial charge in [0.05, 0.1) is 10.8 Å². The fraction of sp³-hybridized carbons (Fsp3) is 0.267. The predicted octanol–water partition coefficient (Wildman–Crippen LogP) is 2.83. The molecule has 118 valence electrons. The summed E-state index contributed by atoms with van der Waals surface area (Å²) in [5.74, 6) is -2.27. The van der Waals surface area contributed by atoms with Gasteiger partial charge in [-0.05, 0) is 24.1 Å². The molecule has 1 aromatic heterocycles. The quantitative estimate of drug-likeness (QED) is 0.877. The highest BCUT2D eigenvalue weighted by atomic mass is 32.1. The van der Waals surface area contributed by atoms with E-state index in [4.69, 9.17) is 5.26 Å². The van der Waals surface area contributed by atoms with Crippen molar-refractivity contribution in [3.63, 3.8) is 0 Å². The minimum Gasteiger partial charge on any atom is -0.310 e. The number of likely N-dealkylation sites (tertiary alicyclic amines) is 1. The Bertz CT molecular complexity index is 786. The Labute approximate surface area is 135 Å². The molecule has 1 saturated heterocycles. The molecule has 1 N–H and O–H groups in total. The summed E-state index contributed by atoms with van der Waals surface area (Å²) in [5, 5.41) is 11.9. The van der Waals surface area contributed by atoms with Crippen molar-refractivity contribution >= 4 is 22.4 Å². The normalized spacial score (nSPS) is 17.1. The lowest BCUT2D eigenvalue weighted by Crippen LogP contribution is -2.25. The summed E-state index contributed by atoms with van der Waals surface area (Å²) in [6.45, 7) is 0.982. The van der Waals surface area contributed by atoms with Crippen LogP contribution in [0.15, 0.2) is 24.4 Å². The van der Waals surface area contributed by atoms with Crippen molar-refractivity contribution in [3.05, 3.63) is 36.0 Å². The molecule has 1 aliphatic heterocycles. The predicted molar refractivity (Wildman–Crippen MR) is 81.4 cm³/mol. The number of benzene rings is 1. The number of hydrogen-bond donors (Lipinski definition) is 1. The molecule has 1 amide bonds. The van der Waals surface area contributed by atoms with Gasteiger partial charge in [0.1, 0.15) is 0 Å². The molecule has 0 bridgehead atoms. The molecule has 3 rings (SSSR count). The third kappa shape index (κ3) is 3.29. The van der Waals surface area contributed by atoms with Crippen molar-refractivity contribution in [1.29, 1.82) is 5.26 Å². The van der Waals surface area contributed by atoms with E-state index in [2.05, 4.69) is 10.3 Å². The highest BCUT2D eigenvalue weighted by Gasteiger charge is 2.28. The van der Waals surface area contributed by atoms with Gasteiger partial charge in [-0.2, -0.15) is 5.26 Å². The van der Waals surface area contributed by atoms with Gasteiger partial charge in [-0.25, -0.2) is 13.8 Å². The van der Waals surface area contributed by atoms with E-state index in [1.54, 1.807) is 4.90 Å². The van der Waals surface area contributed by atoms with E-state index >= 15 is 0 Å². The molecule has 0 spiro atoms. The van der Waals surface area contributed by atoms with Gasteiger partial charge >= 0.3 is 0 Å². The molecular formula is C15H12F2N4OS. The minimum absolute atomic E-state index is 0.186. The zero-order chi connectivity index (χ0) is 16.4. The van der Waals surface area contributed by atoms with Crippen molar-refractivity contribution in [2.45, 2.75) is 6.42 Å². The highest BCUT2D eigenvalue weighted by Crippen LogP contribution is 2.30. The van der Waals surface area contributed by atoms with Crippen LogP contribution >= 0.6 is 11.3 Å². The smallest absolute Gasteiger partial charge is 0.231 e. The topological polar surface area (TPSA) is 69.0 Å². The Hall–Kier alpha value is -2.53. The molecule has 1 aliphatic rings. The molecule has 1 atom stereocenters. The molecule has 2 aromatic rings. The molecule has 2 heterocycles. The number of carbonyl (C=O) groups excluding carboxylic acids is 1. The van der Waals surface area contributed by atoms with Gasteiger partial charge in [0, 0.05) is 19.3 Å². The van der Waals surface area contributed by atoms with Gasteiger partial charge in [0.2, 0.25) is 5.91 Å². The van der Waals surface area contributed by atoms with Crippen LogP contribution in [0, 0.1) is 29.0 Å². The van der Waals surface area contributed by atoms with Crippen LogP contribution in [0.1, 0.15) is 6.42 Å². The van der Waals surface area contributed by atoms with Crippen LogP contribution in [0.25, 0.3) is 10.4 Å². The Kier molecular flexibility index (Phi) is 4.21. The van der Waals surface area contributed by atoms with E-state index < -0.39 is 11.6 Å². The van der Waals surface area contributed by atoms with Gasteiger partial charge in [0.25, 0.3) is 0 Å². The fourth-order valence-corrected chi connectivity index (χ4v) is 3.20. The van der Waals surface area contributed by atoms with Crippen LogP contribution in [-0.2, 0) is 4.79 Å². The first-order valence-corrected chi connectivity index (χ1v) is 7.75. The second-order valence-electron chi connectivity index (χ2n) is 5.18. The third-order valence-corrected chi connectivity index (χ3v) is 4.60.